The summed E-state index contributed by atoms with van der Waals surface area (Å²) >= 11 is 1.38. The smallest absolute Gasteiger partial charge is 0.202 e. The van der Waals surface area contributed by atoms with Gasteiger partial charge in [0.25, 0.3) is 0 Å². The first-order valence-corrected chi connectivity index (χ1v) is 9.67. The number of sulfone groups is 1. The Kier molecular flexibility index (Phi) is 3.52. The number of rotatable bonds is 3. The first-order chi connectivity index (χ1) is 9.42. The van der Waals surface area contributed by atoms with E-state index in [0.29, 0.717) is 18.1 Å². The monoisotopic (exact) mass is 315 g/mol. The summed E-state index contributed by atoms with van der Waals surface area (Å²) < 4.78 is 28.3. The number of hydrogen-bond donors (Lipinski definition) is 1. The van der Waals surface area contributed by atoms with E-state index in [1.165, 1.54) is 11.5 Å². The van der Waals surface area contributed by atoms with Crippen molar-refractivity contribution >= 4 is 26.5 Å². The molecule has 1 saturated heterocycles. The molecule has 1 aliphatic carbocycles. The highest BCUT2D eigenvalue weighted by molar-refractivity contribution is 7.92. The van der Waals surface area contributed by atoms with Gasteiger partial charge in [-0.15, -0.1) is 0 Å². The van der Waals surface area contributed by atoms with Gasteiger partial charge in [-0.05, 0) is 25.7 Å². The van der Waals surface area contributed by atoms with Gasteiger partial charge in [0.2, 0.25) is 5.13 Å². The number of aromatic nitrogens is 2. The van der Waals surface area contributed by atoms with Crippen LogP contribution in [0.15, 0.2) is 0 Å². The standard InChI is InChI=1S/C13H21N3O2S2/c1-9(2)11-15-12(19-16-11)14-10-4-7-20(17,18)13(8-10)5-3-6-13/h9-10H,3-8H2,1-2H3,(H,14,15,16). The molecular formula is C13H21N3O2S2. The zero-order chi connectivity index (χ0) is 14.4. The van der Waals surface area contributed by atoms with Gasteiger partial charge in [-0.25, -0.2) is 13.4 Å². The Morgan fingerprint density at radius 2 is 2.15 bits per heavy atom. The van der Waals surface area contributed by atoms with E-state index < -0.39 is 14.6 Å². The van der Waals surface area contributed by atoms with E-state index in [1.54, 1.807) is 0 Å². The Hall–Kier alpha value is -0.690. The van der Waals surface area contributed by atoms with Crippen molar-refractivity contribution in [3.05, 3.63) is 5.82 Å². The van der Waals surface area contributed by atoms with Crippen molar-refractivity contribution in [3.63, 3.8) is 0 Å². The fraction of sp³-hybridized carbons (Fsp3) is 0.846. The molecule has 0 aromatic carbocycles. The molecule has 1 N–H and O–H groups in total. The van der Waals surface area contributed by atoms with Crippen molar-refractivity contribution in [3.8, 4) is 0 Å². The minimum atomic E-state index is -2.89. The highest BCUT2D eigenvalue weighted by Gasteiger charge is 2.52. The lowest BCUT2D eigenvalue weighted by Gasteiger charge is -2.46. The van der Waals surface area contributed by atoms with Crippen LogP contribution < -0.4 is 5.32 Å². The van der Waals surface area contributed by atoms with Crippen molar-refractivity contribution in [1.29, 1.82) is 0 Å². The zero-order valence-electron chi connectivity index (χ0n) is 11.9. The average molecular weight is 315 g/mol. The van der Waals surface area contributed by atoms with Crippen LogP contribution in [0.3, 0.4) is 0 Å². The first-order valence-electron chi connectivity index (χ1n) is 7.24. The van der Waals surface area contributed by atoms with Gasteiger partial charge >= 0.3 is 0 Å². The molecule has 5 nitrogen and oxygen atoms in total. The predicted molar refractivity (Wildman–Crippen MR) is 81.0 cm³/mol. The van der Waals surface area contributed by atoms with Gasteiger partial charge in [-0.3, -0.25) is 0 Å². The van der Waals surface area contributed by atoms with Crippen LogP contribution in [0.25, 0.3) is 0 Å². The van der Waals surface area contributed by atoms with E-state index in [1.807, 2.05) is 0 Å². The zero-order valence-corrected chi connectivity index (χ0v) is 13.6. The third-order valence-corrected chi connectivity index (χ3v) is 7.89. The third-order valence-electron chi connectivity index (χ3n) is 4.56. The molecule has 1 spiro atoms. The highest BCUT2D eigenvalue weighted by Crippen LogP contribution is 2.47. The second-order valence-corrected chi connectivity index (χ2v) is 9.56. The highest BCUT2D eigenvalue weighted by atomic mass is 32.2. The Balaban J connectivity index is 1.70. The molecule has 20 heavy (non-hydrogen) atoms. The maximum Gasteiger partial charge on any atom is 0.202 e. The minimum absolute atomic E-state index is 0.215. The molecule has 3 rings (SSSR count). The molecule has 0 radical (unpaired) electrons. The number of hydrogen-bond acceptors (Lipinski definition) is 6. The lowest BCUT2D eigenvalue weighted by atomic mass is 9.79. The van der Waals surface area contributed by atoms with Crippen molar-refractivity contribution in [2.75, 3.05) is 11.1 Å². The summed E-state index contributed by atoms with van der Waals surface area (Å²) in [6, 6.07) is 0.215. The van der Waals surface area contributed by atoms with Crippen molar-refractivity contribution in [2.24, 2.45) is 0 Å². The minimum Gasteiger partial charge on any atom is -0.357 e. The van der Waals surface area contributed by atoms with Crippen LogP contribution in [-0.2, 0) is 9.84 Å². The molecular weight excluding hydrogens is 294 g/mol. The van der Waals surface area contributed by atoms with Gasteiger partial charge in [0.05, 0.1) is 10.5 Å². The van der Waals surface area contributed by atoms with Crippen molar-refractivity contribution in [2.45, 2.75) is 62.7 Å². The van der Waals surface area contributed by atoms with E-state index in [-0.39, 0.29) is 6.04 Å². The first kappa shape index (κ1) is 14.3. The molecule has 1 aromatic rings. The normalized spacial score (nSPS) is 27.4. The number of nitrogens with one attached hydrogen (secondary N) is 1. The molecule has 2 fully saturated rings. The summed E-state index contributed by atoms with van der Waals surface area (Å²) in [6.07, 6.45) is 4.12. The van der Waals surface area contributed by atoms with Gasteiger partial charge in [-0.1, -0.05) is 20.3 Å². The molecule has 2 heterocycles. The van der Waals surface area contributed by atoms with Crippen LogP contribution in [-0.4, -0.2) is 34.3 Å². The maximum absolute atomic E-state index is 12.2. The summed E-state index contributed by atoms with van der Waals surface area (Å²) in [5.74, 6) is 1.49. The fourth-order valence-corrected chi connectivity index (χ4v) is 6.28. The van der Waals surface area contributed by atoms with E-state index in [4.69, 9.17) is 0 Å². The van der Waals surface area contributed by atoms with Crippen LogP contribution in [0.5, 0.6) is 0 Å². The molecule has 1 unspecified atom stereocenters. The van der Waals surface area contributed by atoms with E-state index in [0.717, 1.165) is 36.6 Å². The summed E-state index contributed by atoms with van der Waals surface area (Å²) in [5, 5.41) is 4.22. The second kappa shape index (κ2) is 4.94. The Bertz CT molecular complexity index is 591. The Labute approximate surface area is 124 Å². The molecule has 112 valence electrons. The van der Waals surface area contributed by atoms with Crippen LogP contribution in [0.1, 0.15) is 57.7 Å². The van der Waals surface area contributed by atoms with Crippen LogP contribution >= 0.6 is 11.5 Å². The molecule has 1 aliphatic heterocycles. The summed E-state index contributed by atoms with van der Waals surface area (Å²) in [6.45, 7) is 4.14. The van der Waals surface area contributed by atoms with Crippen molar-refractivity contribution < 1.29 is 8.42 Å². The molecule has 0 bridgehead atoms. The lowest BCUT2D eigenvalue weighted by molar-refractivity contribution is 0.289. The van der Waals surface area contributed by atoms with E-state index in [9.17, 15) is 8.42 Å². The lowest BCUT2D eigenvalue weighted by Crippen LogP contribution is -2.53. The van der Waals surface area contributed by atoms with Crippen LogP contribution in [0.4, 0.5) is 5.13 Å². The fourth-order valence-electron chi connectivity index (χ4n) is 3.10. The van der Waals surface area contributed by atoms with Gasteiger partial charge in [0, 0.05) is 23.5 Å². The molecule has 2 aliphatic rings. The largest absolute Gasteiger partial charge is 0.357 e. The second-order valence-electron chi connectivity index (χ2n) is 6.30. The van der Waals surface area contributed by atoms with Gasteiger partial charge in [0.15, 0.2) is 9.84 Å². The number of nitrogens with zero attached hydrogens (tertiary/aromatic N) is 2. The number of anilines is 1. The molecule has 7 heteroatoms. The van der Waals surface area contributed by atoms with Gasteiger partial charge < -0.3 is 5.32 Å². The molecule has 1 saturated carbocycles. The molecule has 0 amide bonds. The Morgan fingerprint density at radius 1 is 1.40 bits per heavy atom. The SMILES string of the molecule is CC(C)c1nsc(NC2CCS(=O)(=O)C3(CCC3)C2)n1. The van der Waals surface area contributed by atoms with Crippen molar-refractivity contribution in [1.82, 2.24) is 9.36 Å². The predicted octanol–water partition coefficient (Wildman–Crippen LogP) is 2.57. The van der Waals surface area contributed by atoms with Crippen LogP contribution in [0, 0.1) is 0 Å². The third kappa shape index (κ3) is 2.35. The topological polar surface area (TPSA) is 72.0 Å². The van der Waals surface area contributed by atoms with E-state index in [2.05, 4.69) is 28.5 Å². The average Bonchev–Trinajstić information content (AvgIpc) is 2.78. The van der Waals surface area contributed by atoms with Crippen LogP contribution in [0.2, 0.25) is 0 Å². The van der Waals surface area contributed by atoms with Gasteiger partial charge in [-0.2, -0.15) is 4.37 Å². The quantitative estimate of drug-likeness (QED) is 0.928. The molecule has 1 aromatic heterocycles. The van der Waals surface area contributed by atoms with Gasteiger partial charge in [0.1, 0.15) is 5.82 Å². The summed E-state index contributed by atoms with van der Waals surface area (Å²) in [4.78, 5) is 4.48. The summed E-state index contributed by atoms with van der Waals surface area (Å²) in [5.41, 5.74) is 0. The Morgan fingerprint density at radius 3 is 2.70 bits per heavy atom. The van der Waals surface area contributed by atoms with E-state index >= 15 is 0 Å². The summed E-state index contributed by atoms with van der Waals surface area (Å²) in [7, 11) is -2.89. The maximum atomic E-state index is 12.2. The molecule has 1 atom stereocenters.